The summed E-state index contributed by atoms with van der Waals surface area (Å²) in [5, 5.41) is 7.80. The van der Waals surface area contributed by atoms with Gasteiger partial charge in [-0.05, 0) is 24.8 Å². The zero-order chi connectivity index (χ0) is 11.1. The van der Waals surface area contributed by atoms with Crippen LogP contribution in [0.15, 0.2) is 9.85 Å². The molecular formula is C10H19N3S2. The second-order valence-electron chi connectivity index (χ2n) is 4.38. The Hall–Kier alpha value is -0.130. The van der Waals surface area contributed by atoms with E-state index >= 15 is 0 Å². The third-order valence-electron chi connectivity index (χ3n) is 2.37. The Kier molecular flexibility index (Phi) is 5.56. The first-order valence-corrected chi connectivity index (χ1v) is 7.10. The van der Waals surface area contributed by atoms with E-state index in [1.54, 1.807) is 28.6 Å². The van der Waals surface area contributed by atoms with Crippen LogP contribution in [0.1, 0.15) is 33.1 Å². The molecule has 0 spiro atoms. The van der Waals surface area contributed by atoms with Gasteiger partial charge in [0.2, 0.25) is 0 Å². The number of aromatic nitrogens is 2. The molecule has 0 aliphatic rings. The maximum atomic E-state index is 5.68. The summed E-state index contributed by atoms with van der Waals surface area (Å²) >= 11 is 3.41. The standard InChI is InChI=1S/C10H19N3S2/c1-10(2,7-11)5-3-4-6-14-9-13-12-8-15-9/h8H,3-7,11H2,1-2H3. The predicted molar refractivity (Wildman–Crippen MR) is 67.3 cm³/mol. The van der Waals surface area contributed by atoms with Crippen LogP contribution in [0.4, 0.5) is 0 Å². The first-order chi connectivity index (χ1) is 7.14. The zero-order valence-electron chi connectivity index (χ0n) is 9.40. The third-order valence-corrected chi connectivity index (χ3v) is 4.31. The summed E-state index contributed by atoms with van der Waals surface area (Å²) in [6.07, 6.45) is 3.68. The first-order valence-electron chi connectivity index (χ1n) is 5.23. The van der Waals surface area contributed by atoms with Gasteiger partial charge in [-0.1, -0.05) is 43.4 Å². The Balaban J connectivity index is 2.03. The van der Waals surface area contributed by atoms with E-state index in [2.05, 4.69) is 24.0 Å². The van der Waals surface area contributed by atoms with Gasteiger partial charge in [0, 0.05) is 5.75 Å². The van der Waals surface area contributed by atoms with Crippen LogP contribution in [0.3, 0.4) is 0 Å². The summed E-state index contributed by atoms with van der Waals surface area (Å²) in [6.45, 7) is 5.23. The molecule has 86 valence electrons. The molecule has 0 amide bonds. The molecule has 1 rings (SSSR count). The highest BCUT2D eigenvalue weighted by Gasteiger charge is 2.14. The van der Waals surface area contributed by atoms with Gasteiger partial charge in [0.15, 0.2) is 4.34 Å². The normalized spacial score (nSPS) is 11.9. The summed E-state index contributed by atoms with van der Waals surface area (Å²) in [5.74, 6) is 1.13. The van der Waals surface area contributed by atoms with Crippen LogP contribution in [0.5, 0.6) is 0 Å². The van der Waals surface area contributed by atoms with Crippen molar-refractivity contribution in [2.75, 3.05) is 12.3 Å². The Morgan fingerprint density at radius 3 is 2.87 bits per heavy atom. The second kappa shape index (κ2) is 6.45. The first kappa shape index (κ1) is 12.9. The fourth-order valence-electron chi connectivity index (χ4n) is 1.19. The molecule has 0 bridgehead atoms. The van der Waals surface area contributed by atoms with E-state index in [1.165, 1.54) is 19.3 Å². The predicted octanol–water partition coefficient (Wildman–Crippen LogP) is 2.79. The molecule has 0 saturated heterocycles. The van der Waals surface area contributed by atoms with E-state index in [4.69, 9.17) is 5.73 Å². The summed E-state index contributed by atoms with van der Waals surface area (Å²) < 4.78 is 1.08. The lowest BCUT2D eigenvalue weighted by atomic mass is 9.88. The Labute approximate surface area is 99.9 Å². The average Bonchev–Trinajstić information content (AvgIpc) is 2.70. The average molecular weight is 245 g/mol. The number of nitrogens with zero attached hydrogens (tertiary/aromatic N) is 2. The van der Waals surface area contributed by atoms with Gasteiger partial charge in [0.05, 0.1) is 0 Å². The van der Waals surface area contributed by atoms with Crippen LogP contribution in [0, 0.1) is 5.41 Å². The monoisotopic (exact) mass is 245 g/mol. The lowest BCUT2D eigenvalue weighted by molar-refractivity contribution is 0.336. The van der Waals surface area contributed by atoms with Crippen LogP contribution in [0.25, 0.3) is 0 Å². The zero-order valence-corrected chi connectivity index (χ0v) is 11.0. The quantitative estimate of drug-likeness (QED) is 0.593. The number of hydrogen-bond donors (Lipinski definition) is 1. The molecular weight excluding hydrogens is 226 g/mol. The molecule has 1 aromatic rings. The molecule has 0 aliphatic carbocycles. The molecule has 0 aromatic carbocycles. The van der Waals surface area contributed by atoms with Crippen LogP contribution in [0.2, 0.25) is 0 Å². The number of thioether (sulfide) groups is 1. The Morgan fingerprint density at radius 2 is 2.27 bits per heavy atom. The number of rotatable bonds is 7. The van der Waals surface area contributed by atoms with Crippen molar-refractivity contribution in [2.45, 2.75) is 37.4 Å². The topological polar surface area (TPSA) is 51.8 Å². The highest BCUT2D eigenvalue weighted by atomic mass is 32.2. The van der Waals surface area contributed by atoms with Crippen LogP contribution in [-0.4, -0.2) is 22.5 Å². The van der Waals surface area contributed by atoms with E-state index in [9.17, 15) is 0 Å². The fraction of sp³-hybridized carbons (Fsp3) is 0.800. The molecule has 0 aliphatic heterocycles. The van der Waals surface area contributed by atoms with Crippen LogP contribution < -0.4 is 5.73 Å². The Morgan fingerprint density at radius 1 is 1.47 bits per heavy atom. The minimum Gasteiger partial charge on any atom is -0.330 e. The number of hydrogen-bond acceptors (Lipinski definition) is 5. The van der Waals surface area contributed by atoms with Gasteiger partial charge < -0.3 is 5.73 Å². The van der Waals surface area contributed by atoms with Gasteiger partial charge in [0.25, 0.3) is 0 Å². The largest absolute Gasteiger partial charge is 0.330 e. The molecule has 0 fully saturated rings. The van der Waals surface area contributed by atoms with E-state index in [0.29, 0.717) is 5.41 Å². The summed E-state index contributed by atoms with van der Waals surface area (Å²) in [4.78, 5) is 0. The lowest BCUT2D eigenvalue weighted by Crippen LogP contribution is -2.23. The van der Waals surface area contributed by atoms with Gasteiger partial charge in [0.1, 0.15) is 5.51 Å². The van der Waals surface area contributed by atoms with Crippen molar-refractivity contribution in [3.8, 4) is 0 Å². The number of nitrogens with two attached hydrogens (primary N) is 1. The van der Waals surface area contributed by atoms with Crippen molar-refractivity contribution >= 4 is 23.1 Å². The van der Waals surface area contributed by atoms with Crippen molar-refractivity contribution in [2.24, 2.45) is 11.1 Å². The van der Waals surface area contributed by atoms with Gasteiger partial charge in [-0.25, -0.2) is 0 Å². The van der Waals surface area contributed by atoms with Crippen molar-refractivity contribution in [3.05, 3.63) is 5.51 Å². The molecule has 0 atom stereocenters. The van der Waals surface area contributed by atoms with E-state index < -0.39 is 0 Å². The minimum atomic E-state index is 0.299. The third kappa shape index (κ3) is 5.49. The smallest absolute Gasteiger partial charge is 0.174 e. The SMILES string of the molecule is CC(C)(CN)CCCCSc1nncs1. The molecule has 1 aromatic heterocycles. The highest BCUT2D eigenvalue weighted by molar-refractivity contribution is 8.00. The maximum Gasteiger partial charge on any atom is 0.174 e. The molecule has 0 unspecified atom stereocenters. The van der Waals surface area contributed by atoms with Crippen molar-refractivity contribution in [3.63, 3.8) is 0 Å². The summed E-state index contributed by atoms with van der Waals surface area (Å²) in [6, 6.07) is 0. The highest BCUT2D eigenvalue weighted by Crippen LogP contribution is 2.24. The molecule has 3 nitrogen and oxygen atoms in total. The maximum absolute atomic E-state index is 5.68. The van der Waals surface area contributed by atoms with Crippen molar-refractivity contribution < 1.29 is 0 Å². The summed E-state index contributed by atoms with van der Waals surface area (Å²) in [5.41, 5.74) is 7.75. The van der Waals surface area contributed by atoms with Crippen molar-refractivity contribution in [1.82, 2.24) is 10.2 Å². The molecule has 0 radical (unpaired) electrons. The van der Waals surface area contributed by atoms with E-state index in [0.717, 1.165) is 16.6 Å². The van der Waals surface area contributed by atoms with Gasteiger partial charge >= 0.3 is 0 Å². The molecule has 1 heterocycles. The van der Waals surface area contributed by atoms with Gasteiger partial charge in [-0.3, -0.25) is 0 Å². The second-order valence-corrected chi connectivity index (χ2v) is 6.55. The van der Waals surface area contributed by atoms with Gasteiger partial charge in [-0.2, -0.15) is 0 Å². The lowest BCUT2D eigenvalue weighted by Gasteiger charge is -2.21. The van der Waals surface area contributed by atoms with E-state index in [-0.39, 0.29) is 0 Å². The molecule has 2 N–H and O–H groups in total. The van der Waals surface area contributed by atoms with Gasteiger partial charge in [-0.15, -0.1) is 10.2 Å². The van der Waals surface area contributed by atoms with Crippen LogP contribution in [-0.2, 0) is 0 Å². The number of unbranched alkanes of at least 4 members (excludes halogenated alkanes) is 1. The molecule has 0 saturated carbocycles. The van der Waals surface area contributed by atoms with Crippen molar-refractivity contribution in [1.29, 1.82) is 0 Å². The summed E-state index contributed by atoms with van der Waals surface area (Å²) in [7, 11) is 0. The minimum absolute atomic E-state index is 0.299. The molecule has 5 heteroatoms. The van der Waals surface area contributed by atoms with Crippen LogP contribution >= 0.6 is 23.1 Å². The Bertz CT molecular complexity index is 260. The van der Waals surface area contributed by atoms with E-state index in [1.807, 2.05) is 0 Å². The fourth-order valence-corrected chi connectivity index (χ4v) is 2.75. The molecule has 15 heavy (non-hydrogen) atoms.